The third-order valence-electron chi connectivity index (χ3n) is 4.28. The van der Waals surface area contributed by atoms with Crippen LogP contribution in [0.4, 0.5) is 0 Å². The van der Waals surface area contributed by atoms with Crippen LogP contribution in [0.2, 0.25) is 0 Å². The Morgan fingerprint density at radius 3 is 1.44 bits per heavy atom. The molecule has 3 aromatic carbocycles. The first-order valence-corrected chi connectivity index (χ1v) is 7.91. The lowest BCUT2D eigenvalue weighted by atomic mass is 9.85. The zero-order valence-corrected chi connectivity index (χ0v) is 14.1. The van der Waals surface area contributed by atoms with E-state index in [0.29, 0.717) is 5.56 Å². The Labute approximate surface area is 146 Å². The van der Waals surface area contributed by atoms with Gasteiger partial charge < -0.3 is 15.9 Å². The van der Waals surface area contributed by atoms with Gasteiger partial charge >= 0.3 is 0 Å². The molecule has 1 amide bonds. The lowest BCUT2D eigenvalue weighted by molar-refractivity contribution is 0.100. The predicted octanol–water partition coefficient (Wildman–Crippen LogP) is 4.15. The second-order valence-corrected chi connectivity index (χ2v) is 6.09. The van der Waals surface area contributed by atoms with Crippen LogP contribution < -0.4 is 5.73 Å². The number of aromatic hydroxyl groups is 2. The molecular weight excluding hydrogens is 314 g/mol. The van der Waals surface area contributed by atoms with Gasteiger partial charge in [0.25, 0.3) is 0 Å². The first kappa shape index (κ1) is 16.6. The van der Waals surface area contributed by atoms with Crippen molar-refractivity contribution in [2.24, 2.45) is 5.73 Å². The minimum Gasteiger partial charge on any atom is -0.508 e. The molecule has 0 aromatic heterocycles. The van der Waals surface area contributed by atoms with Crippen LogP contribution in [0, 0.1) is 13.8 Å². The Kier molecular flexibility index (Phi) is 4.19. The summed E-state index contributed by atoms with van der Waals surface area (Å²) in [5.74, 6) is -0.196. The first-order chi connectivity index (χ1) is 11.9. The van der Waals surface area contributed by atoms with Crippen LogP contribution in [0.25, 0.3) is 22.3 Å². The number of benzene rings is 3. The molecule has 4 N–H and O–H groups in total. The Hall–Kier alpha value is -3.27. The Balaban J connectivity index is 2.36. The highest BCUT2D eigenvalue weighted by Crippen LogP contribution is 2.38. The van der Waals surface area contributed by atoms with Crippen molar-refractivity contribution in [1.82, 2.24) is 0 Å². The number of aryl methyl sites for hydroxylation is 2. The van der Waals surface area contributed by atoms with Crippen LogP contribution in [0.15, 0.2) is 54.6 Å². The molecule has 0 unspecified atom stereocenters. The van der Waals surface area contributed by atoms with E-state index in [0.717, 1.165) is 33.4 Å². The highest BCUT2D eigenvalue weighted by atomic mass is 16.3. The summed E-state index contributed by atoms with van der Waals surface area (Å²) in [6.07, 6.45) is 0. The predicted molar refractivity (Wildman–Crippen MR) is 98.6 cm³/mol. The fraction of sp³-hybridized carbons (Fsp3) is 0.0952. The van der Waals surface area contributed by atoms with Gasteiger partial charge in [-0.25, -0.2) is 0 Å². The van der Waals surface area contributed by atoms with Crippen LogP contribution in [0.5, 0.6) is 11.5 Å². The van der Waals surface area contributed by atoms with Crippen molar-refractivity contribution in [3.63, 3.8) is 0 Å². The van der Waals surface area contributed by atoms with Crippen LogP contribution in [0.1, 0.15) is 21.5 Å². The second kappa shape index (κ2) is 6.32. The van der Waals surface area contributed by atoms with E-state index in [4.69, 9.17) is 5.73 Å². The van der Waals surface area contributed by atoms with E-state index in [1.807, 2.05) is 19.9 Å². The van der Waals surface area contributed by atoms with Crippen molar-refractivity contribution in [2.45, 2.75) is 13.8 Å². The Morgan fingerprint density at radius 1 is 0.760 bits per heavy atom. The maximum Gasteiger partial charge on any atom is 0.249 e. The lowest BCUT2D eigenvalue weighted by Crippen LogP contribution is -2.15. The molecule has 0 aliphatic heterocycles. The van der Waals surface area contributed by atoms with Crippen LogP contribution in [0.3, 0.4) is 0 Å². The molecule has 0 saturated heterocycles. The number of rotatable bonds is 3. The monoisotopic (exact) mass is 333 g/mol. The third kappa shape index (κ3) is 3.06. The van der Waals surface area contributed by atoms with Gasteiger partial charge in [0, 0.05) is 0 Å². The zero-order chi connectivity index (χ0) is 18.1. The molecule has 3 aromatic rings. The summed E-state index contributed by atoms with van der Waals surface area (Å²) in [6, 6.07) is 15.4. The quantitative estimate of drug-likeness (QED) is 0.673. The van der Waals surface area contributed by atoms with Gasteiger partial charge in [0.05, 0.1) is 5.56 Å². The van der Waals surface area contributed by atoms with Gasteiger partial charge in [-0.05, 0) is 71.5 Å². The maximum atomic E-state index is 12.4. The standard InChI is InChI=1S/C21H19NO3/c1-12-11-13(2)19(15-5-9-17(24)10-6-15)20(21(22)25)18(12)14-3-7-16(23)8-4-14/h3-11,23-24H,1-2H3,(H2,22,25). The summed E-state index contributed by atoms with van der Waals surface area (Å²) in [4.78, 5) is 12.4. The number of amides is 1. The number of nitrogens with two attached hydrogens (primary N) is 1. The van der Waals surface area contributed by atoms with E-state index in [-0.39, 0.29) is 11.5 Å². The smallest absolute Gasteiger partial charge is 0.249 e. The minimum atomic E-state index is -0.516. The molecular formula is C21H19NO3. The topological polar surface area (TPSA) is 83.5 Å². The van der Waals surface area contributed by atoms with E-state index >= 15 is 0 Å². The number of carbonyl (C=O) groups excluding carboxylic acids is 1. The SMILES string of the molecule is Cc1cc(C)c(-c2ccc(O)cc2)c(C(N)=O)c1-c1ccc(O)cc1. The molecule has 25 heavy (non-hydrogen) atoms. The van der Waals surface area contributed by atoms with Gasteiger partial charge in [-0.3, -0.25) is 4.79 Å². The number of hydrogen-bond acceptors (Lipinski definition) is 3. The number of phenolic OH excluding ortho intramolecular Hbond substituents is 2. The summed E-state index contributed by atoms with van der Waals surface area (Å²) in [7, 11) is 0. The molecule has 0 atom stereocenters. The molecule has 0 aliphatic carbocycles. The van der Waals surface area contributed by atoms with Gasteiger partial charge in [-0.15, -0.1) is 0 Å². The van der Waals surface area contributed by atoms with Crippen molar-refractivity contribution in [1.29, 1.82) is 0 Å². The maximum absolute atomic E-state index is 12.4. The molecule has 0 saturated carbocycles. The third-order valence-corrected chi connectivity index (χ3v) is 4.28. The molecule has 4 nitrogen and oxygen atoms in total. The van der Waals surface area contributed by atoms with E-state index in [9.17, 15) is 15.0 Å². The van der Waals surface area contributed by atoms with Gasteiger partial charge in [0.2, 0.25) is 5.91 Å². The fourth-order valence-electron chi connectivity index (χ4n) is 3.24. The average Bonchev–Trinajstić information content (AvgIpc) is 2.56. The minimum absolute atomic E-state index is 0.160. The van der Waals surface area contributed by atoms with Crippen molar-refractivity contribution in [3.8, 4) is 33.8 Å². The van der Waals surface area contributed by atoms with Crippen molar-refractivity contribution >= 4 is 5.91 Å². The van der Waals surface area contributed by atoms with E-state index in [1.54, 1.807) is 48.5 Å². The van der Waals surface area contributed by atoms with Crippen LogP contribution >= 0.6 is 0 Å². The zero-order valence-electron chi connectivity index (χ0n) is 14.1. The molecule has 126 valence electrons. The van der Waals surface area contributed by atoms with E-state index in [2.05, 4.69) is 0 Å². The second-order valence-electron chi connectivity index (χ2n) is 6.09. The largest absolute Gasteiger partial charge is 0.508 e. The lowest BCUT2D eigenvalue weighted by Gasteiger charge is -2.19. The van der Waals surface area contributed by atoms with Gasteiger partial charge in [0.15, 0.2) is 0 Å². The number of hydrogen-bond donors (Lipinski definition) is 3. The van der Waals surface area contributed by atoms with Crippen molar-refractivity contribution in [2.75, 3.05) is 0 Å². The number of phenols is 2. The highest BCUT2D eigenvalue weighted by molar-refractivity contribution is 6.07. The Bertz CT molecular complexity index is 873. The fourth-order valence-corrected chi connectivity index (χ4v) is 3.24. The van der Waals surface area contributed by atoms with Crippen LogP contribution in [-0.4, -0.2) is 16.1 Å². The first-order valence-electron chi connectivity index (χ1n) is 7.91. The summed E-state index contributed by atoms with van der Waals surface area (Å²) in [6.45, 7) is 3.87. The van der Waals surface area contributed by atoms with Gasteiger partial charge in [0.1, 0.15) is 11.5 Å². The average molecular weight is 333 g/mol. The molecule has 0 spiro atoms. The molecule has 0 aliphatic rings. The molecule has 4 heteroatoms. The van der Waals surface area contributed by atoms with Gasteiger partial charge in [-0.1, -0.05) is 30.3 Å². The highest BCUT2D eigenvalue weighted by Gasteiger charge is 2.21. The normalized spacial score (nSPS) is 10.6. The summed E-state index contributed by atoms with van der Waals surface area (Å²) in [5.41, 5.74) is 11.2. The number of primary amides is 1. The molecule has 0 radical (unpaired) electrons. The van der Waals surface area contributed by atoms with E-state index < -0.39 is 5.91 Å². The summed E-state index contributed by atoms with van der Waals surface area (Å²) < 4.78 is 0. The Morgan fingerprint density at radius 2 is 1.12 bits per heavy atom. The van der Waals surface area contributed by atoms with Crippen LogP contribution in [-0.2, 0) is 0 Å². The van der Waals surface area contributed by atoms with Gasteiger partial charge in [-0.2, -0.15) is 0 Å². The number of carbonyl (C=O) groups is 1. The van der Waals surface area contributed by atoms with Crippen molar-refractivity contribution < 1.29 is 15.0 Å². The molecule has 0 fully saturated rings. The molecule has 0 bridgehead atoms. The molecule has 3 rings (SSSR count). The summed E-state index contributed by atoms with van der Waals surface area (Å²) >= 11 is 0. The summed E-state index contributed by atoms with van der Waals surface area (Å²) in [5, 5.41) is 19.1. The van der Waals surface area contributed by atoms with Crippen molar-refractivity contribution in [3.05, 3.63) is 71.3 Å². The van der Waals surface area contributed by atoms with E-state index in [1.165, 1.54) is 0 Å². The molecule has 0 heterocycles.